The van der Waals surface area contributed by atoms with Gasteiger partial charge in [0.1, 0.15) is 5.82 Å². The Morgan fingerprint density at radius 3 is 2.20 bits per heavy atom. The molecule has 0 spiro atoms. The van der Waals surface area contributed by atoms with Gasteiger partial charge in [-0.3, -0.25) is 4.90 Å². The number of nitrogens with two attached hydrogens (primary N) is 1. The van der Waals surface area contributed by atoms with Crippen LogP contribution in [0.25, 0.3) is 0 Å². The Kier molecular flexibility index (Phi) is 6.82. The fraction of sp³-hybridized carbons (Fsp3) is 0.615. The van der Waals surface area contributed by atoms with Crippen LogP contribution < -0.4 is 16.6 Å². The van der Waals surface area contributed by atoms with Gasteiger partial charge < -0.3 is 10.7 Å². The van der Waals surface area contributed by atoms with Crippen molar-refractivity contribution in [2.45, 2.75) is 39.8 Å². The van der Waals surface area contributed by atoms with E-state index in [0.29, 0.717) is 33.8 Å². The topological polar surface area (TPSA) is 66.2 Å². The van der Waals surface area contributed by atoms with Crippen LogP contribution in [0.5, 0.6) is 0 Å². The maximum absolute atomic E-state index is 6.11. The van der Waals surface area contributed by atoms with Crippen molar-refractivity contribution in [2.24, 2.45) is 5.84 Å². The lowest BCUT2D eigenvalue weighted by Crippen LogP contribution is -2.40. The Bertz CT molecular complexity index is 429. The third-order valence-electron chi connectivity index (χ3n) is 3.06. The minimum absolute atomic E-state index is 0.397. The van der Waals surface area contributed by atoms with Gasteiger partial charge in [-0.15, -0.1) is 0 Å². The van der Waals surface area contributed by atoms with E-state index in [9.17, 15) is 0 Å². The number of hydrogen-bond acceptors (Lipinski definition) is 5. The molecule has 1 aromatic heterocycles. The Morgan fingerprint density at radius 1 is 1.15 bits per heavy atom. The molecule has 0 saturated heterocycles. The molecule has 1 rings (SSSR count). The van der Waals surface area contributed by atoms with E-state index in [1.165, 1.54) is 0 Å². The first-order chi connectivity index (χ1) is 9.36. The van der Waals surface area contributed by atoms with Gasteiger partial charge in [0.25, 0.3) is 0 Å². The summed E-state index contributed by atoms with van der Waals surface area (Å²) in [6, 6.07) is 2.61. The van der Waals surface area contributed by atoms with Gasteiger partial charge in [0.05, 0.1) is 10.0 Å². The molecule has 4 N–H and O–H groups in total. The van der Waals surface area contributed by atoms with Crippen LogP contribution >= 0.6 is 23.2 Å². The van der Waals surface area contributed by atoms with Crippen LogP contribution in [0.15, 0.2) is 6.07 Å². The standard InChI is InChI=1S/C13H23Cl2N5/c1-8(2)20(9(3)4)6-5-17-12-10(14)7-11(15)13(18-12)19-16/h7-9H,5-6,16H2,1-4H3,(H2,17,18,19). The molecule has 20 heavy (non-hydrogen) atoms. The fourth-order valence-electron chi connectivity index (χ4n) is 2.11. The molecule has 0 bridgehead atoms. The van der Waals surface area contributed by atoms with E-state index in [0.717, 1.165) is 13.1 Å². The summed E-state index contributed by atoms with van der Waals surface area (Å²) in [7, 11) is 0. The normalized spacial score (nSPS) is 11.5. The minimum Gasteiger partial charge on any atom is -0.367 e. The lowest BCUT2D eigenvalue weighted by atomic mass is 10.2. The van der Waals surface area contributed by atoms with Gasteiger partial charge in [-0.2, -0.15) is 0 Å². The number of anilines is 2. The van der Waals surface area contributed by atoms with Crippen molar-refractivity contribution in [1.29, 1.82) is 0 Å². The molecule has 0 atom stereocenters. The fourth-order valence-corrected chi connectivity index (χ4v) is 2.59. The van der Waals surface area contributed by atoms with Crippen molar-refractivity contribution >= 4 is 34.8 Å². The molecule has 0 unspecified atom stereocenters. The van der Waals surface area contributed by atoms with Crippen LogP contribution in [0.2, 0.25) is 10.0 Å². The summed E-state index contributed by atoms with van der Waals surface area (Å²) < 4.78 is 0. The van der Waals surface area contributed by atoms with Gasteiger partial charge in [-0.05, 0) is 33.8 Å². The van der Waals surface area contributed by atoms with Crippen LogP contribution in [-0.2, 0) is 0 Å². The van der Waals surface area contributed by atoms with Crippen LogP contribution in [0.1, 0.15) is 27.7 Å². The average molecular weight is 320 g/mol. The lowest BCUT2D eigenvalue weighted by molar-refractivity contribution is 0.182. The molecule has 0 amide bonds. The maximum atomic E-state index is 6.11. The number of hydrazine groups is 1. The van der Waals surface area contributed by atoms with E-state index < -0.39 is 0 Å². The summed E-state index contributed by atoms with van der Waals surface area (Å²) >= 11 is 12.1. The average Bonchev–Trinajstić information content (AvgIpc) is 2.35. The first-order valence-corrected chi connectivity index (χ1v) is 7.44. The Hall–Kier alpha value is -0.750. The number of nitrogen functional groups attached to an aromatic ring is 1. The molecule has 7 heteroatoms. The number of aromatic nitrogens is 1. The zero-order chi connectivity index (χ0) is 15.3. The van der Waals surface area contributed by atoms with Crippen molar-refractivity contribution < 1.29 is 0 Å². The highest BCUT2D eigenvalue weighted by Gasteiger charge is 2.13. The van der Waals surface area contributed by atoms with E-state index in [-0.39, 0.29) is 0 Å². The molecule has 1 heterocycles. The molecule has 0 radical (unpaired) electrons. The van der Waals surface area contributed by atoms with E-state index in [1.807, 2.05) is 0 Å². The Morgan fingerprint density at radius 2 is 1.70 bits per heavy atom. The summed E-state index contributed by atoms with van der Waals surface area (Å²) in [6.07, 6.45) is 0. The van der Waals surface area contributed by atoms with E-state index in [4.69, 9.17) is 29.0 Å². The third kappa shape index (κ3) is 4.66. The summed E-state index contributed by atoms with van der Waals surface area (Å²) in [4.78, 5) is 6.64. The third-order valence-corrected chi connectivity index (χ3v) is 3.63. The highest BCUT2D eigenvalue weighted by Crippen LogP contribution is 2.28. The Labute approximate surface area is 130 Å². The zero-order valence-corrected chi connectivity index (χ0v) is 13.9. The first-order valence-electron chi connectivity index (χ1n) is 6.69. The lowest BCUT2D eigenvalue weighted by Gasteiger charge is -2.30. The largest absolute Gasteiger partial charge is 0.367 e. The molecule has 0 aromatic carbocycles. The number of rotatable bonds is 7. The predicted octanol–water partition coefficient (Wildman–Crippen LogP) is 3.20. The minimum atomic E-state index is 0.397. The Balaban J connectivity index is 2.66. The van der Waals surface area contributed by atoms with Gasteiger partial charge in [0, 0.05) is 25.2 Å². The number of halogens is 2. The SMILES string of the molecule is CC(C)N(CCNc1nc(NN)c(Cl)cc1Cl)C(C)C. The van der Waals surface area contributed by atoms with E-state index >= 15 is 0 Å². The van der Waals surface area contributed by atoms with Crippen molar-refractivity contribution in [3.05, 3.63) is 16.1 Å². The van der Waals surface area contributed by atoms with Gasteiger partial charge in [-0.25, -0.2) is 10.8 Å². The van der Waals surface area contributed by atoms with Crippen LogP contribution in [0, 0.1) is 0 Å². The monoisotopic (exact) mass is 319 g/mol. The first kappa shape index (κ1) is 17.3. The van der Waals surface area contributed by atoms with Gasteiger partial charge >= 0.3 is 0 Å². The number of nitrogens with one attached hydrogen (secondary N) is 2. The van der Waals surface area contributed by atoms with Gasteiger partial charge in [-0.1, -0.05) is 23.2 Å². The van der Waals surface area contributed by atoms with Crippen LogP contribution in [0.4, 0.5) is 11.6 Å². The smallest absolute Gasteiger partial charge is 0.161 e. The van der Waals surface area contributed by atoms with Crippen molar-refractivity contribution in [2.75, 3.05) is 23.8 Å². The van der Waals surface area contributed by atoms with Gasteiger partial charge in [0.15, 0.2) is 5.82 Å². The molecule has 0 aliphatic rings. The van der Waals surface area contributed by atoms with Crippen molar-refractivity contribution in [1.82, 2.24) is 9.88 Å². The number of pyridine rings is 1. The van der Waals surface area contributed by atoms with Crippen LogP contribution in [-0.4, -0.2) is 35.1 Å². The molecule has 1 aromatic rings. The zero-order valence-electron chi connectivity index (χ0n) is 12.4. The van der Waals surface area contributed by atoms with Gasteiger partial charge in [0.2, 0.25) is 0 Å². The van der Waals surface area contributed by atoms with Crippen molar-refractivity contribution in [3.63, 3.8) is 0 Å². The number of nitrogens with zero attached hydrogens (tertiary/aromatic N) is 2. The highest BCUT2D eigenvalue weighted by molar-refractivity contribution is 6.37. The molecular formula is C13H23Cl2N5. The molecule has 0 aliphatic heterocycles. The molecular weight excluding hydrogens is 297 g/mol. The molecule has 0 saturated carbocycles. The second-order valence-corrected chi connectivity index (χ2v) is 5.96. The van der Waals surface area contributed by atoms with Crippen molar-refractivity contribution in [3.8, 4) is 0 Å². The highest BCUT2D eigenvalue weighted by atomic mass is 35.5. The quantitative estimate of drug-likeness (QED) is 0.532. The second kappa shape index (κ2) is 7.88. The van der Waals surface area contributed by atoms with Crippen LogP contribution in [0.3, 0.4) is 0 Å². The molecule has 114 valence electrons. The molecule has 0 aliphatic carbocycles. The van der Waals surface area contributed by atoms with E-state index in [2.05, 4.69) is 48.3 Å². The van der Waals surface area contributed by atoms with E-state index in [1.54, 1.807) is 6.07 Å². The second-order valence-electron chi connectivity index (χ2n) is 5.15. The predicted molar refractivity (Wildman–Crippen MR) is 87.5 cm³/mol. The molecule has 5 nitrogen and oxygen atoms in total. The summed E-state index contributed by atoms with van der Waals surface area (Å²) in [5, 5.41) is 4.09. The maximum Gasteiger partial charge on any atom is 0.161 e. The number of hydrogen-bond donors (Lipinski definition) is 3. The summed E-state index contributed by atoms with van der Waals surface area (Å²) in [5.41, 5.74) is 2.45. The molecule has 0 fully saturated rings. The summed E-state index contributed by atoms with van der Waals surface area (Å²) in [5.74, 6) is 6.34. The summed E-state index contributed by atoms with van der Waals surface area (Å²) in [6.45, 7) is 10.4.